The van der Waals surface area contributed by atoms with Crippen LogP contribution in [0.25, 0.3) is 0 Å². The molecule has 0 aromatic heterocycles. The van der Waals surface area contributed by atoms with Gasteiger partial charge in [-0.2, -0.15) is 0 Å². The van der Waals surface area contributed by atoms with Crippen LogP contribution in [0.2, 0.25) is 5.02 Å². The smallest absolute Gasteiger partial charge is 0.269 e. The number of benzene rings is 2. The number of halogens is 2. The highest BCUT2D eigenvalue weighted by Crippen LogP contribution is 2.24. The SMILES string of the molecule is O=[N+]([O-])c1ccc(Cl)c(COc2ccccc2F)c1. The summed E-state index contributed by atoms with van der Waals surface area (Å²) in [4.78, 5) is 10.1. The number of nitrogens with zero attached hydrogens (tertiary/aromatic N) is 1. The van der Waals surface area contributed by atoms with E-state index in [-0.39, 0.29) is 18.0 Å². The molecule has 0 atom stereocenters. The molecule has 0 aliphatic heterocycles. The van der Waals surface area contributed by atoms with Crippen LogP contribution in [0.3, 0.4) is 0 Å². The van der Waals surface area contributed by atoms with E-state index in [1.807, 2.05) is 0 Å². The molecule has 0 fully saturated rings. The van der Waals surface area contributed by atoms with E-state index in [0.29, 0.717) is 10.6 Å². The Morgan fingerprint density at radius 3 is 2.68 bits per heavy atom. The van der Waals surface area contributed by atoms with Gasteiger partial charge in [0.05, 0.1) is 4.92 Å². The Hall–Kier alpha value is -2.14. The van der Waals surface area contributed by atoms with Crippen molar-refractivity contribution in [2.24, 2.45) is 0 Å². The average molecular weight is 282 g/mol. The summed E-state index contributed by atoms with van der Waals surface area (Å²) >= 11 is 5.91. The zero-order valence-electron chi connectivity index (χ0n) is 9.68. The molecule has 98 valence electrons. The predicted octanol–water partition coefficient (Wildman–Crippen LogP) is 3.97. The van der Waals surface area contributed by atoms with Gasteiger partial charge in [0.2, 0.25) is 0 Å². The monoisotopic (exact) mass is 281 g/mol. The van der Waals surface area contributed by atoms with Crippen molar-refractivity contribution in [2.75, 3.05) is 0 Å². The molecule has 0 radical (unpaired) electrons. The van der Waals surface area contributed by atoms with Gasteiger partial charge in [-0.1, -0.05) is 23.7 Å². The van der Waals surface area contributed by atoms with Gasteiger partial charge < -0.3 is 4.74 Å². The topological polar surface area (TPSA) is 52.4 Å². The molecule has 0 saturated heterocycles. The molecule has 0 bridgehead atoms. The lowest BCUT2D eigenvalue weighted by atomic mass is 10.2. The van der Waals surface area contributed by atoms with Crippen LogP contribution in [0.4, 0.5) is 10.1 Å². The second-order valence-corrected chi connectivity index (χ2v) is 4.16. The maximum absolute atomic E-state index is 13.3. The first-order valence-corrected chi connectivity index (χ1v) is 5.76. The van der Waals surface area contributed by atoms with Crippen molar-refractivity contribution in [3.63, 3.8) is 0 Å². The zero-order chi connectivity index (χ0) is 13.8. The molecule has 19 heavy (non-hydrogen) atoms. The fourth-order valence-corrected chi connectivity index (χ4v) is 1.67. The number of hydrogen-bond donors (Lipinski definition) is 0. The Bertz CT molecular complexity index is 619. The van der Waals surface area contributed by atoms with Crippen LogP contribution < -0.4 is 4.74 Å². The molecule has 0 N–H and O–H groups in total. The highest BCUT2D eigenvalue weighted by molar-refractivity contribution is 6.31. The van der Waals surface area contributed by atoms with Crippen LogP contribution in [-0.2, 0) is 6.61 Å². The molecule has 0 saturated carbocycles. The fraction of sp³-hybridized carbons (Fsp3) is 0.0769. The highest BCUT2D eigenvalue weighted by atomic mass is 35.5. The minimum absolute atomic E-state index is 0.0402. The second kappa shape index (κ2) is 5.67. The lowest BCUT2D eigenvalue weighted by molar-refractivity contribution is -0.384. The third-order valence-corrected chi connectivity index (χ3v) is 2.83. The Morgan fingerprint density at radius 1 is 1.26 bits per heavy atom. The lowest BCUT2D eigenvalue weighted by Crippen LogP contribution is -1.99. The van der Waals surface area contributed by atoms with E-state index in [4.69, 9.17) is 16.3 Å². The Kier molecular flexibility index (Phi) is 3.97. The molecular formula is C13H9ClFNO3. The van der Waals surface area contributed by atoms with Gasteiger partial charge in [0.15, 0.2) is 11.6 Å². The minimum Gasteiger partial charge on any atom is -0.486 e. The van der Waals surface area contributed by atoms with Crippen LogP contribution in [-0.4, -0.2) is 4.92 Å². The fourth-order valence-electron chi connectivity index (χ4n) is 1.50. The van der Waals surface area contributed by atoms with Gasteiger partial charge in [-0.25, -0.2) is 4.39 Å². The van der Waals surface area contributed by atoms with Gasteiger partial charge in [-0.05, 0) is 18.2 Å². The van der Waals surface area contributed by atoms with Crippen LogP contribution in [0.1, 0.15) is 5.56 Å². The standard InChI is InChI=1S/C13H9ClFNO3/c14-11-6-5-10(16(17)18)7-9(11)8-19-13-4-2-1-3-12(13)15/h1-7H,8H2. The van der Waals surface area contributed by atoms with Crippen molar-refractivity contribution < 1.29 is 14.1 Å². The molecule has 2 rings (SSSR count). The second-order valence-electron chi connectivity index (χ2n) is 3.75. The maximum Gasteiger partial charge on any atom is 0.269 e. The Balaban J connectivity index is 2.17. The van der Waals surface area contributed by atoms with Gasteiger partial charge in [0, 0.05) is 22.7 Å². The molecule has 0 aliphatic rings. The summed E-state index contributed by atoms with van der Waals surface area (Å²) < 4.78 is 18.6. The lowest BCUT2D eigenvalue weighted by Gasteiger charge is -2.08. The van der Waals surface area contributed by atoms with Crippen LogP contribution in [0.15, 0.2) is 42.5 Å². The van der Waals surface area contributed by atoms with E-state index in [2.05, 4.69) is 0 Å². The van der Waals surface area contributed by atoms with E-state index in [1.165, 1.54) is 30.3 Å². The Labute approximate surface area is 113 Å². The molecule has 0 heterocycles. The highest BCUT2D eigenvalue weighted by Gasteiger charge is 2.11. The van der Waals surface area contributed by atoms with Crippen LogP contribution in [0.5, 0.6) is 5.75 Å². The normalized spacial score (nSPS) is 10.2. The van der Waals surface area contributed by atoms with E-state index in [1.54, 1.807) is 12.1 Å². The number of para-hydroxylation sites is 1. The first-order chi connectivity index (χ1) is 9.08. The first-order valence-electron chi connectivity index (χ1n) is 5.38. The number of nitro benzene ring substituents is 1. The molecule has 2 aromatic rings. The Morgan fingerprint density at radius 2 is 2.00 bits per heavy atom. The molecule has 2 aromatic carbocycles. The van der Waals surface area contributed by atoms with E-state index in [0.717, 1.165) is 0 Å². The van der Waals surface area contributed by atoms with Gasteiger partial charge in [0.25, 0.3) is 5.69 Å². The van der Waals surface area contributed by atoms with Gasteiger partial charge >= 0.3 is 0 Å². The summed E-state index contributed by atoms with van der Waals surface area (Å²) in [5.41, 5.74) is 0.343. The summed E-state index contributed by atoms with van der Waals surface area (Å²) in [6.07, 6.45) is 0. The van der Waals surface area contributed by atoms with Crippen molar-refractivity contribution in [3.05, 3.63) is 69.0 Å². The van der Waals surface area contributed by atoms with Gasteiger partial charge in [-0.3, -0.25) is 10.1 Å². The summed E-state index contributed by atoms with van der Waals surface area (Å²) in [5.74, 6) is -0.422. The molecule has 4 nitrogen and oxygen atoms in total. The summed E-state index contributed by atoms with van der Waals surface area (Å²) in [6.45, 7) is -0.0402. The van der Waals surface area contributed by atoms with Crippen molar-refractivity contribution in [1.82, 2.24) is 0 Å². The zero-order valence-corrected chi connectivity index (χ0v) is 10.4. The number of nitro groups is 1. The van der Waals surface area contributed by atoms with Crippen molar-refractivity contribution in [3.8, 4) is 5.75 Å². The van der Waals surface area contributed by atoms with Crippen molar-refractivity contribution in [2.45, 2.75) is 6.61 Å². The van der Waals surface area contributed by atoms with Crippen molar-refractivity contribution in [1.29, 1.82) is 0 Å². The summed E-state index contributed by atoms with van der Waals surface area (Å²) in [5, 5.41) is 11.0. The largest absolute Gasteiger partial charge is 0.486 e. The van der Waals surface area contributed by atoms with Crippen molar-refractivity contribution >= 4 is 17.3 Å². The number of non-ortho nitro benzene ring substituents is 1. The quantitative estimate of drug-likeness (QED) is 0.629. The molecule has 0 amide bonds. The number of rotatable bonds is 4. The molecule has 6 heteroatoms. The molecule has 0 spiro atoms. The van der Waals surface area contributed by atoms with Gasteiger partial charge in [0.1, 0.15) is 6.61 Å². The van der Waals surface area contributed by atoms with Crippen LogP contribution >= 0.6 is 11.6 Å². The average Bonchev–Trinajstić information content (AvgIpc) is 2.39. The van der Waals surface area contributed by atoms with E-state index >= 15 is 0 Å². The maximum atomic E-state index is 13.3. The van der Waals surface area contributed by atoms with E-state index < -0.39 is 10.7 Å². The number of ether oxygens (including phenoxy) is 1. The summed E-state index contributed by atoms with van der Waals surface area (Å²) in [7, 11) is 0. The van der Waals surface area contributed by atoms with E-state index in [9.17, 15) is 14.5 Å². The first kappa shape index (κ1) is 13.3. The minimum atomic E-state index is -0.525. The van der Waals surface area contributed by atoms with Crippen LogP contribution in [0, 0.1) is 15.9 Å². The molecule has 0 unspecified atom stereocenters. The van der Waals surface area contributed by atoms with Gasteiger partial charge in [-0.15, -0.1) is 0 Å². The number of hydrogen-bond acceptors (Lipinski definition) is 3. The molecule has 0 aliphatic carbocycles. The third-order valence-electron chi connectivity index (χ3n) is 2.46. The predicted molar refractivity (Wildman–Crippen MR) is 68.8 cm³/mol. The third kappa shape index (κ3) is 3.20. The molecular weight excluding hydrogens is 273 g/mol. The summed E-state index contributed by atoms with van der Waals surface area (Å²) in [6, 6.07) is 9.94.